The number of nitrogens with zero attached hydrogens (tertiary/aromatic N) is 2. The molecule has 0 fully saturated rings. The molecule has 6 heteroatoms. The van der Waals surface area contributed by atoms with Gasteiger partial charge in [-0.2, -0.15) is 0 Å². The van der Waals surface area contributed by atoms with Gasteiger partial charge in [-0.15, -0.1) is 22.7 Å². The first-order valence-electron chi connectivity index (χ1n) is 6.42. The molecule has 0 atom stereocenters. The van der Waals surface area contributed by atoms with Gasteiger partial charge >= 0.3 is 0 Å². The van der Waals surface area contributed by atoms with Gasteiger partial charge in [-0.25, -0.2) is 9.97 Å². The number of benzene rings is 1. The molecule has 3 aromatic rings. The van der Waals surface area contributed by atoms with E-state index < -0.39 is 0 Å². The Hall–Kier alpha value is -0.880. The molecule has 1 aromatic carbocycles. The van der Waals surface area contributed by atoms with E-state index in [1.807, 2.05) is 19.1 Å². The first kappa shape index (κ1) is 15.0. The maximum Gasteiger partial charge on any atom is 0.150 e. The van der Waals surface area contributed by atoms with E-state index in [4.69, 9.17) is 16.6 Å². The number of halogens is 1. The molecule has 0 saturated carbocycles. The van der Waals surface area contributed by atoms with Crippen molar-refractivity contribution in [1.82, 2.24) is 9.97 Å². The molecular weight excluding hydrogens is 340 g/mol. The van der Waals surface area contributed by atoms with Gasteiger partial charge < -0.3 is 0 Å². The fraction of sp³-hybridized carbons (Fsp3) is 0.200. The van der Waals surface area contributed by atoms with Crippen LogP contribution in [0.5, 0.6) is 0 Å². The van der Waals surface area contributed by atoms with E-state index in [1.54, 1.807) is 34.4 Å². The van der Waals surface area contributed by atoms with Crippen LogP contribution in [-0.4, -0.2) is 9.97 Å². The second-order valence-corrected chi connectivity index (χ2v) is 8.04. The minimum atomic E-state index is 0.772. The van der Waals surface area contributed by atoms with Crippen LogP contribution in [-0.2, 0) is 12.2 Å². The van der Waals surface area contributed by atoms with E-state index in [9.17, 15) is 0 Å². The highest BCUT2D eigenvalue weighted by Gasteiger charge is 2.06. The van der Waals surface area contributed by atoms with Gasteiger partial charge in [-0.05, 0) is 24.6 Å². The summed E-state index contributed by atoms with van der Waals surface area (Å²) in [5.41, 5.74) is 3.45. The normalized spacial score (nSPS) is 11.0. The second kappa shape index (κ2) is 6.92. The lowest BCUT2D eigenvalue weighted by atomic mass is 10.2. The van der Waals surface area contributed by atoms with Gasteiger partial charge in [-0.1, -0.05) is 35.5 Å². The zero-order valence-corrected chi connectivity index (χ0v) is 14.6. The van der Waals surface area contributed by atoms with Crippen LogP contribution < -0.4 is 0 Å². The predicted octanol–water partition coefficient (Wildman–Crippen LogP) is 5.44. The molecular formula is C15H13ClN2S3. The SMILES string of the molecule is Cc1csc(SCc2csc(Cc3ccc(Cl)cc3)n2)n1. The van der Waals surface area contributed by atoms with E-state index in [2.05, 4.69) is 27.9 Å². The molecule has 21 heavy (non-hydrogen) atoms. The smallest absolute Gasteiger partial charge is 0.150 e. The molecule has 2 nitrogen and oxygen atoms in total. The third kappa shape index (κ3) is 4.30. The van der Waals surface area contributed by atoms with Gasteiger partial charge in [0.25, 0.3) is 0 Å². The maximum absolute atomic E-state index is 5.90. The van der Waals surface area contributed by atoms with Crippen molar-refractivity contribution in [3.05, 3.63) is 62.0 Å². The number of hydrogen-bond donors (Lipinski definition) is 0. The first-order chi connectivity index (χ1) is 10.2. The van der Waals surface area contributed by atoms with Crippen molar-refractivity contribution < 1.29 is 0 Å². The zero-order valence-electron chi connectivity index (χ0n) is 11.4. The van der Waals surface area contributed by atoms with Crippen LogP contribution in [0.25, 0.3) is 0 Å². The van der Waals surface area contributed by atoms with Crippen LogP contribution >= 0.6 is 46.0 Å². The topological polar surface area (TPSA) is 25.8 Å². The summed E-state index contributed by atoms with van der Waals surface area (Å²) in [6.07, 6.45) is 0.864. The van der Waals surface area contributed by atoms with Crippen molar-refractivity contribution in [2.45, 2.75) is 23.4 Å². The van der Waals surface area contributed by atoms with E-state index in [-0.39, 0.29) is 0 Å². The molecule has 108 valence electrons. The van der Waals surface area contributed by atoms with Crippen LogP contribution in [0.1, 0.15) is 22.0 Å². The van der Waals surface area contributed by atoms with Crippen molar-refractivity contribution in [3.63, 3.8) is 0 Å². The molecule has 0 aliphatic heterocycles. The highest BCUT2D eigenvalue weighted by atomic mass is 35.5. The van der Waals surface area contributed by atoms with Gasteiger partial charge in [0.2, 0.25) is 0 Å². The molecule has 0 bridgehead atoms. The molecule has 0 aliphatic rings. The number of thiazole rings is 2. The van der Waals surface area contributed by atoms with E-state index in [0.29, 0.717) is 0 Å². The van der Waals surface area contributed by atoms with Crippen LogP contribution in [0.15, 0.2) is 39.4 Å². The fourth-order valence-electron chi connectivity index (χ4n) is 1.81. The Morgan fingerprint density at radius 3 is 2.62 bits per heavy atom. The van der Waals surface area contributed by atoms with Crippen molar-refractivity contribution in [2.24, 2.45) is 0 Å². The monoisotopic (exact) mass is 352 g/mol. The Labute approximate surface area is 141 Å². The molecule has 2 aromatic heterocycles. The van der Waals surface area contributed by atoms with E-state index in [0.717, 1.165) is 37.9 Å². The number of aryl methyl sites for hydroxylation is 1. The van der Waals surface area contributed by atoms with Crippen LogP contribution in [0.4, 0.5) is 0 Å². The average molecular weight is 353 g/mol. The minimum Gasteiger partial charge on any atom is -0.245 e. The quantitative estimate of drug-likeness (QED) is 0.571. The summed E-state index contributed by atoms with van der Waals surface area (Å²) in [6.45, 7) is 2.02. The molecule has 0 spiro atoms. The van der Waals surface area contributed by atoms with E-state index >= 15 is 0 Å². The minimum absolute atomic E-state index is 0.772. The van der Waals surface area contributed by atoms with Crippen LogP contribution in [0.3, 0.4) is 0 Å². The second-order valence-electron chi connectivity index (χ2n) is 4.58. The highest BCUT2D eigenvalue weighted by molar-refractivity contribution is 8.00. The summed E-state index contributed by atoms with van der Waals surface area (Å²) >= 11 is 11.1. The Kier molecular flexibility index (Phi) is 4.95. The van der Waals surface area contributed by atoms with Crippen molar-refractivity contribution in [3.8, 4) is 0 Å². The molecule has 0 radical (unpaired) electrons. The molecule has 2 heterocycles. The van der Waals surface area contributed by atoms with Gasteiger partial charge in [0.1, 0.15) is 4.34 Å². The van der Waals surface area contributed by atoms with Gasteiger partial charge in [0.15, 0.2) is 0 Å². The summed E-state index contributed by atoms with van der Waals surface area (Å²) in [5, 5.41) is 6.13. The van der Waals surface area contributed by atoms with Gasteiger partial charge in [0.05, 0.1) is 10.7 Å². The predicted molar refractivity (Wildman–Crippen MR) is 92.8 cm³/mol. The molecule has 0 aliphatic carbocycles. The largest absolute Gasteiger partial charge is 0.245 e. The lowest BCUT2D eigenvalue weighted by Crippen LogP contribution is -1.88. The van der Waals surface area contributed by atoms with Crippen LogP contribution in [0, 0.1) is 6.92 Å². The highest BCUT2D eigenvalue weighted by Crippen LogP contribution is 2.27. The third-order valence-electron chi connectivity index (χ3n) is 2.81. The third-order valence-corrected chi connectivity index (χ3v) is 6.13. The Morgan fingerprint density at radius 2 is 1.90 bits per heavy atom. The number of thioether (sulfide) groups is 1. The first-order valence-corrected chi connectivity index (χ1v) is 9.54. The lowest BCUT2D eigenvalue weighted by Gasteiger charge is -1.98. The molecule has 0 unspecified atom stereocenters. The van der Waals surface area contributed by atoms with Crippen molar-refractivity contribution in [2.75, 3.05) is 0 Å². The Bertz CT molecular complexity index is 719. The Balaban J connectivity index is 1.59. The molecule has 0 amide bonds. The van der Waals surface area contributed by atoms with Crippen molar-refractivity contribution >= 4 is 46.0 Å². The average Bonchev–Trinajstić information content (AvgIpc) is 3.08. The zero-order chi connectivity index (χ0) is 14.7. The Morgan fingerprint density at radius 1 is 1.10 bits per heavy atom. The van der Waals surface area contributed by atoms with Crippen LogP contribution in [0.2, 0.25) is 5.02 Å². The molecule has 0 saturated heterocycles. The van der Waals surface area contributed by atoms with Gasteiger partial charge in [-0.3, -0.25) is 0 Å². The van der Waals surface area contributed by atoms with Gasteiger partial charge in [0, 0.05) is 33.7 Å². The summed E-state index contributed by atoms with van der Waals surface area (Å²) in [5.74, 6) is 0.879. The summed E-state index contributed by atoms with van der Waals surface area (Å²) in [4.78, 5) is 9.14. The maximum atomic E-state index is 5.90. The lowest BCUT2D eigenvalue weighted by molar-refractivity contribution is 1.09. The molecule has 0 N–H and O–H groups in total. The van der Waals surface area contributed by atoms with E-state index in [1.165, 1.54) is 5.56 Å². The number of rotatable bonds is 5. The van der Waals surface area contributed by atoms with Crippen molar-refractivity contribution in [1.29, 1.82) is 0 Å². The molecule has 3 rings (SSSR count). The number of aromatic nitrogens is 2. The summed E-state index contributed by atoms with van der Waals surface area (Å²) < 4.78 is 1.11. The summed E-state index contributed by atoms with van der Waals surface area (Å²) in [6, 6.07) is 7.95. The fourth-order valence-corrected chi connectivity index (χ4v) is 4.61. The standard InChI is InChI=1S/C15H13ClN2S3/c1-10-7-20-15(17-10)21-9-13-8-19-14(18-13)6-11-2-4-12(16)5-3-11/h2-5,7-8H,6,9H2,1H3. The number of hydrogen-bond acceptors (Lipinski definition) is 5. The summed E-state index contributed by atoms with van der Waals surface area (Å²) in [7, 11) is 0.